The number of hydrogen-bond donors (Lipinski definition) is 1. The van der Waals surface area contributed by atoms with Crippen LogP contribution in [0.2, 0.25) is 0 Å². The Balaban J connectivity index is 1.54. The van der Waals surface area contributed by atoms with E-state index in [0.29, 0.717) is 6.54 Å². The van der Waals surface area contributed by atoms with Gasteiger partial charge in [-0.25, -0.2) is 0 Å². The Kier molecular flexibility index (Phi) is 5.89. The zero-order chi connectivity index (χ0) is 20.9. The van der Waals surface area contributed by atoms with Gasteiger partial charge >= 0.3 is 0 Å². The van der Waals surface area contributed by atoms with Crippen molar-refractivity contribution in [3.8, 4) is 11.3 Å². The molecule has 3 aromatic rings. The van der Waals surface area contributed by atoms with Gasteiger partial charge in [0.1, 0.15) is 0 Å². The maximum Gasteiger partial charge on any atom is 0.253 e. The van der Waals surface area contributed by atoms with Gasteiger partial charge in [0.25, 0.3) is 5.91 Å². The smallest absolute Gasteiger partial charge is 0.253 e. The van der Waals surface area contributed by atoms with Gasteiger partial charge in [-0.1, -0.05) is 36.4 Å². The van der Waals surface area contributed by atoms with Crippen LogP contribution in [0.5, 0.6) is 0 Å². The molecule has 5 nitrogen and oxygen atoms in total. The minimum Gasteiger partial charge on any atom is -0.338 e. The van der Waals surface area contributed by atoms with Crippen molar-refractivity contribution >= 4 is 17.5 Å². The van der Waals surface area contributed by atoms with E-state index in [9.17, 15) is 9.59 Å². The van der Waals surface area contributed by atoms with Crippen LogP contribution >= 0.6 is 0 Å². The van der Waals surface area contributed by atoms with E-state index in [4.69, 9.17) is 4.98 Å². The van der Waals surface area contributed by atoms with Crippen molar-refractivity contribution in [1.29, 1.82) is 0 Å². The van der Waals surface area contributed by atoms with E-state index in [1.165, 1.54) is 6.92 Å². The number of aromatic nitrogens is 1. The van der Waals surface area contributed by atoms with Gasteiger partial charge in [-0.15, -0.1) is 0 Å². The molecule has 2 amide bonds. The number of hydrogen-bond acceptors (Lipinski definition) is 3. The lowest BCUT2D eigenvalue weighted by Crippen LogP contribution is -2.39. The average molecular weight is 399 g/mol. The summed E-state index contributed by atoms with van der Waals surface area (Å²) in [6.45, 7) is 2.95. The first-order valence-electron chi connectivity index (χ1n) is 10.3. The Morgan fingerprint density at radius 1 is 1.00 bits per heavy atom. The van der Waals surface area contributed by atoms with Crippen molar-refractivity contribution in [3.63, 3.8) is 0 Å². The molecule has 30 heavy (non-hydrogen) atoms. The first-order chi connectivity index (χ1) is 14.6. The summed E-state index contributed by atoms with van der Waals surface area (Å²) >= 11 is 0. The van der Waals surface area contributed by atoms with Gasteiger partial charge in [-0.05, 0) is 49.2 Å². The van der Waals surface area contributed by atoms with Crippen LogP contribution in [0.4, 0.5) is 5.69 Å². The van der Waals surface area contributed by atoms with Gasteiger partial charge in [0.15, 0.2) is 0 Å². The van der Waals surface area contributed by atoms with Crippen LogP contribution < -0.4 is 5.32 Å². The van der Waals surface area contributed by atoms with Gasteiger partial charge in [0.05, 0.1) is 5.69 Å². The number of carbonyl (C=O) groups is 2. The van der Waals surface area contributed by atoms with Gasteiger partial charge in [-0.3, -0.25) is 14.6 Å². The molecule has 0 saturated carbocycles. The number of carbonyl (C=O) groups excluding carboxylic acids is 2. The Morgan fingerprint density at radius 2 is 1.80 bits per heavy atom. The molecule has 1 aromatic heterocycles. The van der Waals surface area contributed by atoms with Crippen molar-refractivity contribution in [2.24, 2.45) is 0 Å². The molecule has 2 aromatic carbocycles. The first kappa shape index (κ1) is 19.8. The van der Waals surface area contributed by atoms with E-state index in [-0.39, 0.29) is 17.7 Å². The lowest BCUT2D eigenvalue weighted by molar-refractivity contribution is -0.114. The Morgan fingerprint density at radius 3 is 2.60 bits per heavy atom. The van der Waals surface area contributed by atoms with Crippen LogP contribution in [-0.2, 0) is 4.79 Å². The fraction of sp³-hybridized carbons (Fsp3) is 0.240. The van der Waals surface area contributed by atoms with Crippen molar-refractivity contribution in [2.75, 3.05) is 18.4 Å². The second-order valence-electron chi connectivity index (χ2n) is 7.67. The minimum atomic E-state index is -0.0979. The topological polar surface area (TPSA) is 62.3 Å². The van der Waals surface area contributed by atoms with E-state index < -0.39 is 0 Å². The number of nitrogens with one attached hydrogen (secondary N) is 1. The van der Waals surface area contributed by atoms with Gasteiger partial charge in [0, 0.05) is 48.4 Å². The second kappa shape index (κ2) is 8.91. The van der Waals surface area contributed by atoms with Crippen LogP contribution in [0.3, 0.4) is 0 Å². The lowest BCUT2D eigenvalue weighted by Gasteiger charge is -2.32. The number of piperidine rings is 1. The summed E-state index contributed by atoms with van der Waals surface area (Å²) in [7, 11) is 0. The molecule has 0 spiro atoms. The predicted molar refractivity (Wildman–Crippen MR) is 118 cm³/mol. The highest BCUT2D eigenvalue weighted by Crippen LogP contribution is 2.29. The third kappa shape index (κ3) is 4.57. The molecule has 0 bridgehead atoms. The highest BCUT2D eigenvalue weighted by atomic mass is 16.2. The summed E-state index contributed by atoms with van der Waals surface area (Å²) in [4.78, 5) is 31.1. The lowest BCUT2D eigenvalue weighted by atomic mass is 9.93. The maximum absolute atomic E-state index is 12.9. The molecule has 5 heteroatoms. The predicted octanol–water partition coefficient (Wildman–Crippen LogP) is 4.73. The Hall–Kier alpha value is -3.47. The monoisotopic (exact) mass is 399 g/mol. The normalized spacial score (nSPS) is 16.2. The van der Waals surface area contributed by atoms with Crippen LogP contribution in [0.1, 0.15) is 41.7 Å². The summed E-state index contributed by atoms with van der Waals surface area (Å²) in [5.74, 6) is 0.198. The number of benzene rings is 2. The number of amides is 2. The molecular weight excluding hydrogens is 374 g/mol. The van der Waals surface area contributed by atoms with Crippen LogP contribution in [-0.4, -0.2) is 34.8 Å². The minimum absolute atomic E-state index is 0.0828. The summed E-state index contributed by atoms with van der Waals surface area (Å²) in [5, 5.41) is 2.82. The van der Waals surface area contributed by atoms with Crippen LogP contribution in [0.15, 0.2) is 72.8 Å². The maximum atomic E-state index is 12.9. The summed E-state index contributed by atoms with van der Waals surface area (Å²) in [5.41, 5.74) is 4.31. The van der Waals surface area contributed by atoms with Gasteiger partial charge < -0.3 is 10.2 Å². The molecule has 1 aliphatic rings. The number of nitrogens with zero attached hydrogens (tertiary/aromatic N) is 2. The van der Waals surface area contributed by atoms with Gasteiger partial charge in [-0.2, -0.15) is 0 Å². The van der Waals surface area contributed by atoms with Crippen molar-refractivity contribution in [2.45, 2.75) is 25.7 Å². The van der Waals surface area contributed by atoms with E-state index in [0.717, 1.165) is 47.6 Å². The summed E-state index contributed by atoms with van der Waals surface area (Å²) in [6.07, 6.45) is 1.98. The molecule has 0 radical (unpaired) electrons. The SMILES string of the molecule is CC(=O)Nc1cccc(-c2cccc(C3CCCN(C(=O)c4ccccc4)C3)n2)c1. The Labute approximate surface area is 176 Å². The van der Waals surface area contributed by atoms with Crippen molar-refractivity contribution < 1.29 is 9.59 Å². The largest absolute Gasteiger partial charge is 0.338 e. The fourth-order valence-corrected chi connectivity index (χ4v) is 3.97. The Bertz CT molecular complexity index is 1050. The standard InChI is InChI=1S/C25H25N3O2/c1-18(29)26-22-12-5-10-20(16-22)23-13-6-14-24(27-23)21-11-7-15-28(17-21)25(30)19-8-3-2-4-9-19/h2-6,8-10,12-14,16,21H,7,11,15,17H2,1H3,(H,26,29). The molecule has 1 atom stereocenters. The highest BCUT2D eigenvalue weighted by Gasteiger charge is 2.26. The van der Waals surface area contributed by atoms with Crippen LogP contribution in [0, 0.1) is 0 Å². The van der Waals surface area contributed by atoms with Crippen LogP contribution in [0.25, 0.3) is 11.3 Å². The molecule has 1 fully saturated rings. The summed E-state index contributed by atoms with van der Waals surface area (Å²) < 4.78 is 0. The second-order valence-corrected chi connectivity index (χ2v) is 7.67. The molecule has 0 aliphatic carbocycles. The van der Waals surface area contributed by atoms with E-state index >= 15 is 0 Å². The zero-order valence-corrected chi connectivity index (χ0v) is 17.0. The quantitative estimate of drug-likeness (QED) is 0.690. The number of rotatable bonds is 4. The molecule has 1 aliphatic heterocycles. The molecule has 2 heterocycles. The van der Waals surface area contributed by atoms with Gasteiger partial charge in [0.2, 0.25) is 5.91 Å². The van der Waals surface area contributed by atoms with E-state index in [2.05, 4.69) is 5.32 Å². The molecule has 1 saturated heterocycles. The third-order valence-corrected chi connectivity index (χ3v) is 5.40. The molecule has 1 unspecified atom stereocenters. The first-order valence-corrected chi connectivity index (χ1v) is 10.3. The zero-order valence-electron chi connectivity index (χ0n) is 17.0. The van der Waals surface area contributed by atoms with Crippen molar-refractivity contribution in [1.82, 2.24) is 9.88 Å². The fourth-order valence-electron chi connectivity index (χ4n) is 3.97. The molecular formula is C25H25N3O2. The number of anilines is 1. The van der Waals surface area contributed by atoms with E-state index in [1.54, 1.807) is 0 Å². The number of pyridine rings is 1. The third-order valence-electron chi connectivity index (χ3n) is 5.40. The summed E-state index contributed by atoms with van der Waals surface area (Å²) in [6, 6.07) is 23.2. The van der Waals surface area contributed by atoms with Crippen molar-refractivity contribution in [3.05, 3.63) is 84.1 Å². The molecule has 152 valence electrons. The number of likely N-dealkylation sites (tertiary alicyclic amines) is 1. The highest BCUT2D eigenvalue weighted by molar-refractivity contribution is 5.94. The molecule has 4 rings (SSSR count). The van der Waals surface area contributed by atoms with E-state index in [1.807, 2.05) is 77.7 Å². The average Bonchev–Trinajstić information content (AvgIpc) is 2.79. The molecule has 1 N–H and O–H groups in total.